The molecule has 4 fully saturated rings. The van der Waals surface area contributed by atoms with Gasteiger partial charge in [-0.05, 0) is 103 Å². The first-order valence-electron chi connectivity index (χ1n) is 14.0. The molecule has 3 N–H and O–H groups in total. The SMILES string of the molecule is C[C@H]1[C@H](C)CC[C@]2(CO)[C@H](O)C[C@]3(C)C(=CC[C@H]4[C@@]5(C)CC[C@H](O)C(C)(C)[C@H]5CC[C@]43C)[C@@H]12. The highest BCUT2D eigenvalue weighted by atomic mass is 16.3. The van der Waals surface area contributed by atoms with Gasteiger partial charge in [-0.25, -0.2) is 0 Å². The number of aliphatic hydroxyl groups is 3. The molecule has 3 heteroatoms. The summed E-state index contributed by atoms with van der Waals surface area (Å²) < 4.78 is 0. The van der Waals surface area contributed by atoms with Crippen molar-refractivity contribution in [2.24, 2.45) is 56.7 Å². The van der Waals surface area contributed by atoms with Gasteiger partial charge in [-0.3, -0.25) is 0 Å². The Morgan fingerprint density at radius 3 is 2.24 bits per heavy atom. The molecule has 0 bridgehead atoms. The first-order valence-corrected chi connectivity index (χ1v) is 14.0. The second-order valence-corrected chi connectivity index (χ2v) is 14.6. The number of fused-ring (bicyclic) bond motifs is 7. The van der Waals surface area contributed by atoms with E-state index in [1.54, 1.807) is 5.57 Å². The molecule has 0 aromatic rings. The maximum absolute atomic E-state index is 11.8. The zero-order valence-corrected chi connectivity index (χ0v) is 22.3. The van der Waals surface area contributed by atoms with Gasteiger partial charge in [0.05, 0.1) is 18.8 Å². The van der Waals surface area contributed by atoms with Crippen LogP contribution in [0.15, 0.2) is 11.6 Å². The predicted octanol–water partition coefficient (Wildman–Crippen LogP) is 5.97. The summed E-state index contributed by atoms with van der Waals surface area (Å²) in [5, 5.41) is 33.3. The second kappa shape index (κ2) is 7.32. The molecule has 0 aromatic heterocycles. The molecule has 0 radical (unpaired) electrons. The Bertz CT molecular complexity index is 832. The Labute approximate surface area is 202 Å². The minimum absolute atomic E-state index is 0.0296. The zero-order chi connectivity index (χ0) is 24.2. The van der Waals surface area contributed by atoms with E-state index in [0.29, 0.717) is 23.7 Å². The van der Waals surface area contributed by atoms with Crippen LogP contribution < -0.4 is 0 Å². The van der Waals surface area contributed by atoms with Crippen LogP contribution in [0.25, 0.3) is 0 Å². The smallest absolute Gasteiger partial charge is 0.0632 e. The second-order valence-electron chi connectivity index (χ2n) is 14.6. The van der Waals surface area contributed by atoms with Gasteiger partial charge in [0, 0.05) is 5.41 Å². The third-order valence-corrected chi connectivity index (χ3v) is 13.5. The molecular weight excluding hydrogens is 408 g/mol. The van der Waals surface area contributed by atoms with E-state index in [0.717, 1.165) is 38.5 Å². The summed E-state index contributed by atoms with van der Waals surface area (Å²) in [5.41, 5.74) is 1.52. The van der Waals surface area contributed by atoms with Crippen molar-refractivity contribution in [2.45, 2.75) is 112 Å². The average molecular weight is 459 g/mol. The molecule has 33 heavy (non-hydrogen) atoms. The maximum atomic E-state index is 11.8. The first kappa shape index (κ1) is 24.3. The molecule has 0 saturated heterocycles. The molecule has 0 unspecified atom stereocenters. The number of allylic oxidation sites excluding steroid dienone is 2. The lowest BCUT2D eigenvalue weighted by molar-refractivity contribution is -0.220. The van der Waals surface area contributed by atoms with Crippen molar-refractivity contribution in [3.63, 3.8) is 0 Å². The maximum Gasteiger partial charge on any atom is 0.0632 e. The van der Waals surface area contributed by atoms with Gasteiger partial charge in [0.1, 0.15) is 0 Å². The Morgan fingerprint density at radius 1 is 0.879 bits per heavy atom. The number of hydrogen-bond acceptors (Lipinski definition) is 3. The fourth-order valence-electron chi connectivity index (χ4n) is 11.0. The molecule has 0 spiro atoms. The van der Waals surface area contributed by atoms with Crippen LogP contribution in [-0.2, 0) is 0 Å². The highest BCUT2D eigenvalue weighted by Crippen LogP contribution is 2.75. The first-order chi connectivity index (χ1) is 15.3. The van der Waals surface area contributed by atoms with Gasteiger partial charge in [0.2, 0.25) is 0 Å². The number of aliphatic hydroxyl groups excluding tert-OH is 3. The molecule has 4 saturated carbocycles. The lowest BCUT2D eigenvalue weighted by Gasteiger charge is -2.72. The lowest BCUT2D eigenvalue weighted by atomic mass is 9.33. The van der Waals surface area contributed by atoms with E-state index in [4.69, 9.17) is 0 Å². The predicted molar refractivity (Wildman–Crippen MR) is 133 cm³/mol. The summed E-state index contributed by atoms with van der Waals surface area (Å²) >= 11 is 0. The van der Waals surface area contributed by atoms with Crippen LogP contribution in [0.2, 0.25) is 0 Å². The van der Waals surface area contributed by atoms with E-state index in [1.165, 1.54) is 12.8 Å². The van der Waals surface area contributed by atoms with Gasteiger partial charge in [-0.2, -0.15) is 0 Å². The summed E-state index contributed by atoms with van der Waals surface area (Å²) in [4.78, 5) is 0. The minimum Gasteiger partial charge on any atom is -0.396 e. The molecule has 0 aromatic carbocycles. The molecule has 0 amide bonds. The van der Waals surface area contributed by atoms with Crippen LogP contribution in [0.5, 0.6) is 0 Å². The normalized spacial score (nSPS) is 57.8. The Morgan fingerprint density at radius 2 is 1.58 bits per heavy atom. The van der Waals surface area contributed by atoms with E-state index in [1.807, 2.05) is 0 Å². The van der Waals surface area contributed by atoms with Gasteiger partial charge >= 0.3 is 0 Å². The average Bonchev–Trinajstić information content (AvgIpc) is 2.74. The summed E-state index contributed by atoms with van der Waals surface area (Å²) in [6.45, 7) is 17.1. The molecule has 5 rings (SSSR count). The summed E-state index contributed by atoms with van der Waals surface area (Å²) in [7, 11) is 0. The Balaban J connectivity index is 1.62. The van der Waals surface area contributed by atoms with Crippen molar-refractivity contribution in [1.29, 1.82) is 0 Å². The number of hydrogen-bond donors (Lipinski definition) is 3. The van der Waals surface area contributed by atoms with E-state index >= 15 is 0 Å². The fourth-order valence-corrected chi connectivity index (χ4v) is 11.0. The molecule has 0 heterocycles. The third kappa shape index (κ3) is 2.80. The van der Waals surface area contributed by atoms with Crippen molar-refractivity contribution in [3.8, 4) is 0 Å². The van der Waals surface area contributed by atoms with Crippen molar-refractivity contribution in [1.82, 2.24) is 0 Å². The van der Waals surface area contributed by atoms with Gasteiger partial charge in [-0.15, -0.1) is 0 Å². The van der Waals surface area contributed by atoms with Crippen LogP contribution in [-0.4, -0.2) is 34.1 Å². The monoisotopic (exact) mass is 458 g/mol. The molecule has 188 valence electrons. The Hall–Kier alpha value is -0.380. The van der Waals surface area contributed by atoms with E-state index in [2.05, 4.69) is 54.5 Å². The molecule has 11 atom stereocenters. The molecule has 0 aliphatic heterocycles. The van der Waals surface area contributed by atoms with Gasteiger partial charge in [-0.1, -0.05) is 60.1 Å². The van der Waals surface area contributed by atoms with Crippen LogP contribution in [0.1, 0.15) is 99.8 Å². The van der Waals surface area contributed by atoms with E-state index in [-0.39, 0.29) is 45.7 Å². The third-order valence-electron chi connectivity index (χ3n) is 13.5. The quantitative estimate of drug-likeness (QED) is 0.424. The zero-order valence-electron chi connectivity index (χ0n) is 22.3. The highest BCUT2D eigenvalue weighted by Gasteiger charge is 2.70. The fraction of sp³-hybridized carbons (Fsp3) is 0.933. The van der Waals surface area contributed by atoms with Gasteiger partial charge in [0.25, 0.3) is 0 Å². The standard InChI is InChI=1S/C30H50O3/c1-18-10-15-30(17-31)24(33)16-29(7)20(25(30)19(18)2)8-9-22-27(5)13-12-23(32)26(3,4)21(27)11-14-28(22,29)6/h8,18-19,21-25,31-33H,9-17H2,1-7H3/t18-,19+,21-,22+,23+,24-,25-,27+,28-,29-,30+/m1/s1. The van der Waals surface area contributed by atoms with Crippen LogP contribution in [0.3, 0.4) is 0 Å². The van der Waals surface area contributed by atoms with Gasteiger partial charge < -0.3 is 15.3 Å². The lowest BCUT2D eigenvalue weighted by Crippen LogP contribution is -2.67. The minimum atomic E-state index is -0.435. The molecule has 3 nitrogen and oxygen atoms in total. The topological polar surface area (TPSA) is 60.7 Å². The van der Waals surface area contributed by atoms with Crippen molar-refractivity contribution >= 4 is 0 Å². The molecule has 5 aliphatic carbocycles. The molecular formula is C30H50O3. The van der Waals surface area contributed by atoms with Crippen LogP contribution in [0, 0.1) is 56.7 Å². The van der Waals surface area contributed by atoms with Crippen molar-refractivity contribution in [3.05, 3.63) is 11.6 Å². The van der Waals surface area contributed by atoms with Crippen LogP contribution in [0.4, 0.5) is 0 Å². The van der Waals surface area contributed by atoms with Crippen molar-refractivity contribution in [2.75, 3.05) is 6.61 Å². The molecule has 5 aliphatic rings. The van der Waals surface area contributed by atoms with Crippen molar-refractivity contribution < 1.29 is 15.3 Å². The van der Waals surface area contributed by atoms with Gasteiger partial charge in [0.15, 0.2) is 0 Å². The summed E-state index contributed by atoms with van der Waals surface area (Å²) in [6, 6.07) is 0. The van der Waals surface area contributed by atoms with E-state index < -0.39 is 6.10 Å². The largest absolute Gasteiger partial charge is 0.396 e. The number of rotatable bonds is 1. The van der Waals surface area contributed by atoms with E-state index in [9.17, 15) is 15.3 Å². The highest BCUT2D eigenvalue weighted by molar-refractivity contribution is 5.35. The Kier molecular flexibility index (Phi) is 5.40. The summed E-state index contributed by atoms with van der Waals surface area (Å²) in [5.74, 6) is 2.53. The summed E-state index contributed by atoms with van der Waals surface area (Å²) in [6.07, 6.45) is 10.3. The van der Waals surface area contributed by atoms with Crippen LogP contribution >= 0.6 is 0 Å².